The number of nitrogens with zero attached hydrogens (tertiary/aromatic N) is 1. The number of benzene rings is 1. The van der Waals surface area contributed by atoms with Crippen LogP contribution in [0, 0.1) is 5.92 Å². The summed E-state index contributed by atoms with van der Waals surface area (Å²) < 4.78 is 0. The normalized spacial score (nSPS) is 17.7. The average Bonchev–Trinajstić information content (AvgIpc) is 3.31. The molecule has 20 heavy (non-hydrogen) atoms. The van der Waals surface area contributed by atoms with E-state index in [0.29, 0.717) is 12.1 Å². The first-order valence-corrected chi connectivity index (χ1v) is 7.53. The van der Waals surface area contributed by atoms with E-state index in [1.807, 2.05) is 24.5 Å². The lowest BCUT2D eigenvalue weighted by molar-refractivity contribution is 0.427. The molecule has 0 radical (unpaired) electrons. The first-order valence-electron chi connectivity index (χ1n) is 7.15. The van der Waals surface area contributed by atoms with E-state index in [9.17, 15) is 0 Å². The zero-order valence-corrected chi connectivity index (χ0v) is 12.3. The van der Waals surface area contributed by atoms with Gasteiger partial charge in [-0.1, -0.05) is 23.7 Å². The highest BCUT2D eigenvalue weighted by molar-refractivity contribution is 6.30. The molecule has 1 aliphatic rings. The Morgan fingerprint density at radius 2 is 1.70 bits per heavy atom. The molecular formula is C17H19ClN2. The Morgan fingerprint density at radius 1 is 1.05 bits per heavy atom. The van der Waals surface area contributed by atoms with E-state index in [-0.39, 0.29) is 0 Å². The lowest BCUT2D eigenvalue weighted by Gasteiger charge is -2.24. The summed E-state index contributed by atoms with van der Waals surface area (Å²) in [5, 5.41) is 4.56. The highest BCUT2D eigenvalue weighted by Crippen LogP contribution is 2.42. The zero-order valence-electron chi connectivity index (χ0n) is 11.6. The molecule has 2 unspecified atom stereocenters. The van der Waals surface area contributed by atoms with Gasteiger partial charge in [0.25, 0.3) is 0 Å². The predicted molar refractivity (Wildman–Crippen MR) is 82.7 cm³/mol. The molecule has 0 saturated heterocycles. The largest absolute Gasteiger partial charge is 0.303 e. The van der Waals surface area contributed by atoms with Crippen LogP contribution < -0.4 is 5.32 Å². The van der Waals surface area contributed by atoms with Crippen LogP contribution in [0.25, 0.3) is 0 Å². The molecule has 0 spiro atoms. The maximum Gasteiger partial charge on any atom is 0.0406 e. The molecule has 1 aromatic carbocycles. The third-order valence-corrected chi connectivity index (χ3v) is 4.21. The average molecular weight is 287 g/mol. The fourth-order valence-corrected chi connectivity index (χ4v) is 2.75. The predicted octanol–water partition coefficient (Wildman–Crippen LogP) is 4.54. The molecule has 1 fully saturated rings. The third kappa shape index (κ3) is 3.20. The second kappa shape index (κ2) is 5.94. The Morgan fingerprint density at radius 3 is 2.30 bits per heavy atom. The van der Waals surface area contributed by atoms with Crippen molar-refractivity contribution in [1.29, 1.82) is 0 Å². The van der Waals surface area contributed by atoms with Gasteiger partial charge in [-0.15, -0.1) is 0 Å². The van der Waals surface area contributed by atoms with Crippen LogP contribution in [0.3, 0.4) is 0 Å². The summed E-state index contributed by atoms with van der Waals surface area (Å²) in [6.07, 6.45) is 6.32. The second-order valence-corrected chi connectivity index (χ2v) is 5.97. The van der Waals surface area contributed by atoms with Crippen LogP contribution in [0.15, 0.2) is 48.8 Å². The maximum atomic E-state index is 5.99. The van der Waals surface area contributed by atoms with Crippen LogP contribution in [-0.2, 0) is 0 Å². The Balaban J connectivity index is 1.76. The molecule has 1 N–H and O–H groups in total. The van der Waals surface area contributed by atoms with E-state index in [2.05, 4.69) is 41.5 Å². The van der Waals surface area contributed by atoms with Crippen LogP contribution >= 0.6 is 11.6 Å². The van der Waals surface area contributed by atoms with Crippen molar-refractivity contribution in [1.82, 2.24) is 10.3 Å². The van der Waals surface area contributed by atoms with Crippen LogP contribution in [0.4, 0.5) is 0 Å². The topological polar surface area (TPSA) is 24.9 Å². The molecule has 1 aliphatic carbocycles. The van der Waals surface area contributed by atoms with Gasteiger partial charge in [0, 0.05) is 29.5 Å². The molecular weight excluding hydrogens is 268 g/mol. The van der Waals surface area contributed by atoms with Crippen molar-refractivity contribution >= 4 is 11.6 Å². The summed E-state index contributed by atoms with van der Waals surface area (Å²) >= 11 is 5.99. The quantitative estimate of drug-likeness (QED) is 0.873. The van der Waals surface area contributed by atoms with Gasteiger partial charge in [0.05, 0.1) is 0 Å². The molecule has 0 bridgehead atoms. The van der Waals surface area contributed by atoms with Crippen molar-refractivity contribution in [2.45, 2.75) is 31.8 Å². The monoisotopic (exact) mass is 286 g/mol. The molecule has 2 atom stereocenters. The number of aromatic nitrogens is 1. The van der Waals surface area contributed by atoms with Crippen LogP contribution in [-0.4, -0.2) is 4.98 Å². The van der Waals surface area contributed by atoms with Gasteiger partial charge in [0.1, 0.15) is 0 Å². The molecule has 1 saturated carbocycles. The number of pyridine rings is 1. The van der Waals surface area contributed by atoms with Crippen molar-refractivity contribution in [3.8, 4) is 0 Å². The van der Waals surface area contributed by atoms with E-state index in [1.54, 1.807) is 0 Å². The lowest BCUT2D eigenvalue weighted by Crippen LogP contribution is -2.26. The smallest absolute Gasteiger partial charge is 0.0406 e. The Hall–Kier alpha value is -1.38. The molecule has 0 amide bonds. The van der Waals surface area contributed by atoms with Crippen molar-refractivity contribution in [3.05, 3.63) is 64.9 Å². The van der Waals surface area contributed by atoms with Crippen LogP contribution in [0.5, 0.6) is 0 Å². The van der Waals surface area contributed by atoms with Gasteiger partial charge in [0.2, 0.25) is 0 Å². The summed E-state index contributed by atoms with van der Waals surface area (Å²) in [5.41, 5.74) is 2.61. The summed E-state index contributed by atoms with van der Waals surface area (Å²) in [7, 11) is 0. The molecule has 1 aromatic heterocycles. The van der Waals surface area contributed by atoms with Gasteiger partial charge in [-0.2, -0.15) is 0 Å². The van der Waals surface area contributed by atoms with E-state index in [0.717, 1.165) is 10.9 Å². The minimum absolute atomic E-state index is 0.319. The molecule has 104 valence electrons. The Labute approximate surface area is 125 Å². The molecule has 3 rings (SSSR count). The highest BCUT2D eigenvalue weighted by atomic mass is 35.5. The summed E-state index contributed by atoms with van der Waals surface area (Å²) in [6, 6.07) is 13.1. The van der Waals surface area contributed by atoms with Crippen molar-refractivity contribution in [3.63, 3.8) is 0 Å². The zero-order chi connectivity index (χ0) is 13.9. The summed E-state index contributed by atoms with van der Waals surface area (Å²) in [6.45, 7) is 2.21. The third-order valence-electron chi connectivity index (χ3n) is 3.96. The molecule has 2 nitrogen and oxygen atoms in total. The SMILES string of the molecule is CC(NC(c1ccc(Cl)cc1)C1CC1)c1ccncc1. The summed E-state index contributed by atoms with van der Waals surface area (Å²) in [5.74, 6) is 0.750. The van der Waals surface area contributed by atoms with Crippen molar-refractivity contribution in [2.24, 2.45) is 5.92 Å². The van der Waals surface area contributed by atoms with Crippen LogP contribution in [0.1, 0.15) is 43.0 Å². The van der Waals surface area contributed by atoms with E-state index in [1.165, 1.54) is 24.0 Å². The minimum atomic E-state index is 0.319. The minimum Gasteiger partial charge on any atom is -0.303 e. The van der Waals surface area contributed by atoms with Gasteiger partial charge in [-0.25, -0.2) is 0 Å². The van der Waals surface area contributed by atoms with Crippen LogP contribution in [0.2, 0.25) is 5.02 Å². The highest BCUT2D eigenvalue weighted by Gasteiger charge is 2.33. The molecule has 1 heterocycles. The number of hydrogen-bond acceptors (Lipinski definition) is 2. The molecule has 2 aromatic rings. The van der Waals surface area contributed by atoms with Gasteiger partial charge in [-0.3, -0.25) is 4.98 Å². The van der Waals surface area contributed by atoms with Gasteiger partial charge >= 0.3 is 0 Å². The fraction of sp³-hybridized carbons (Fsp3) is 0.353. The van der Waals surface area contributed by atoms with Gasteiger partial charge in [0.15, 0.2) is 0 Å². The Bertz CT molecular complexity index is 549. The molecule has 0 aliphatic heterocycles. The summed E-state index contributed by atoms with van der Waals surface area (Å²) in [4.78, 5) is 4.08. The molecule has 3 heteroatoms. The fourth-order valence-electron chi connectivity index (χ4n) is 2.62. The number of halogens is 1. The standard InChI is InChI=1S/C17H19ClN2/c1-12(13-8-10-19-11-9-13)20-17(14-2-3-14)15-4-6-16(18)7-5-15/h4-12,14,17,20H,2-3H2,1H3. The first kappa shape index (κ1) is 13.6. The first-order chi connectivity index (χ1) is 9.74. The van der Waals surface area contributed by atoms with E-state index < -0.39 is 0 Å². The number of rotatable bonds is 5. The second-order valence-electron chi connectivity index (χ2n) is 5.54. The van der Waals surface area contributed by atoms with Gasteiger partial charge < -0.3 is 5.32 Å². The number of hydrogen-bond donors (Lipinski definition) is 1. The number of nitrogens with one attached hydrogen (secondary N) is 1. The van der Waals surface area contributed by atoms with Crippen molar-refractivity contribution in [2.75, 3.05) is 0 Å². The maximum absolute atomic E-state index is 5.99. The van der Waals surface area contributed by atoms with E-state index in [4.69, 9.17) is 11.6 Å². The Kier molecular flexibility index (Phi) is 4.04. The lowest BCUT2D eigenvalue weighted by atomic mass is 10.00. The van der Waals surface area contributed by atoms with Gasteiger partial charge in [-0.05, 0) is 61.1 Å². The van der Waals surface area contributed by atoms with Crippen molar-refractivity contribution < 1.29 is 0 Å². The van der Waals surface area contributed by atoms with E-state index >= 15 is 0 Å².